The number of benzene rings is 1. The highest BCUT2D eigenvalue weighted by Crippen LogP contribution is 2.31. The fraction of sp³-hybridized carbons (Fsp3) is 0.429. The minimum Gasteiger partial charge on any atom is -0.343 e. The second-order valence-electron chi connectivity index (χ2n) is 6.77. The van der Waals surface area contributed by atoms with E-state index in [0.29, 0.717) is 0 Å². The summed E-state index contributed by atoms with van der Waals surface area (Å²) in [5.41, 5.74) is 1.16. The van der Waals surface area contributed by atoms with Gasteiger partial charge in [0.25, 0.3) is 0 Å². The Morgan fingerprint density at radius 1 is 1.12 bits per heavy atom. The third-order valence-corrected chi connectivity index (χ3v) is 4.61. The van der Waals surface area contributed by atoms with Crippen molar-refractivity contribution in [3.8, 4) is 0 Å². The van der Waals surface area contributed by atoms with Gasteiger partial charge in [-0.1, -0.05) is 51.8 Å². The first-order valence-corrected chi connectivity index (χ1v) is 8.97. The molecule has 0 aliphatic carbocycles. The average Bonchev–Trinajstić information content (AvgIpc) is 2.61. The first-order valence-electron chi connectivity index (χ1n) is 8.97. The van der Waals surface area contributed by atoms with Crippen LogP contribution in [0.2, 0.25) is 0 Å². The summed E-state index contributed by atoms with van der Waals surface area (Å²) in [6.07, 6.45) is 5.29. The Hall–Kier alpha value is -2.23. The number of halogens is 1. The molecule has 0 aliphatic rings. The average molecular weight is 342 g/mol. The predicted molar refractivity (Wildman–Crippen MR) is 98.5 cm³/mol. The van der Waals surface area contributed by atoms with Crippen LogP contribution in [0.4, 0.5) is 4.39 Å². The summed E-state index contributed by atoms with van der Waals surface area (Å²) in [6, 6.07) is 11.4. The van der Waals surface area contributed by atoms with Crippen LogP contribution in [0.5, 0.6) is 0 Å². The van der Waals surface area contributed by atoms with Crippen molar-refractivity contribution >= 4 is 5.91 Å². The van der Waals surface area contributed by atoms with Crippen molar-refractivity contribution in [3.63, 3.8) is 0 Å². The van der Waals surface area contributed by atoms with Gasteiger partial charge in [0.2, 0.25) is 5.91 Å². The summed E-state index contributed by atoms with van der Waals surface area (Å²) in [5, 5.41) is 3.16. The summed E-state index contributed by atoms with van der Waals surface area (Å²) >= 11 is 0. The summed E-state index contributed by atoms with van der Waals surface area (Å²) in [4.78, 5) is 17.5. The SMILES string of the molecule is CCCC(C)(CCC)C(=O)NC(c1ccc(F)cc1)c1ccccn1. The van der Waals surface area contributed by atoms with Gasteiger partial charge in [-0.05, 0) is 42.7 Å². The molecule has 3 nitrogen and oxygen atoms in total. The van der Waals surface area contributed by atoms with Gasteiger partial charge < -0.3 is 5.32 Å². The third kappa shape index (κ3) is 4.88. The van der Waals surface area contributed by atoms with E-state index in [2.05, 4.69) is 24.1 Å². The molecule has 0 radical (unpaired) electrons. The molecule has 1 unspecified atom stereocenters. The molecule has 0 saturated carbocycles. The van der Waals surface area contributed by atoms with Gasteiger partial charge in [-0.25, -0.2) is 4.39 Å². The van der Waals surface area contributed by atoms with Crippen molar-refractivity contribution < 1.29 is 9.18 Å². The van der Waals surface area contributed by atoms with E-state index >= 15 is 0 Å². The van der Waals surface area contributed by atoms with E-state index in [1.54, 1.807) is 18.3 Å². The normalized spacial score (nSPS) is 12.6. The van der Waals surface area contributed by atoms with Crippen molar-refractivity contribution in [2.24, 2.45) is 5.41 Å². The van der Waals surface area contributed by atoms with Crippen LogP contribution in [-0.4, -0.2) is 10.9 Å². The van der Waals surface area contributed by atoms with E-state index in [0.717, 1.165) is 36.9 Å². The highest BCUT2D eigenvalue weighted by molar-refractivity contribution is 5.83. The molecule has 1 N–H and O–H groups in total. The lowest BCUT2D eigenvalue weighted by Crippen LogP contribution is -2.41. The Kier molecular flexibility index (Phi) is 6.68. The van der Waals surface area contributed by atoms with Crippen LogP contribution in [0.15, 0.2) is 48.7 Å². The molecule has 25 heavy (non-hydrogen) atoms. The molecule has 1 amide bonds. The quantitative estimate of drug-likeness (QED) is 0.731. The zero-order chi connectivity index (χ0) is 18.3. The molecule has 0 aliphatic heterocycles. The number of carbonyl (C=O) groups excluding carboxylic acids is 1. The van der Waals surface area contributed by atoms with Gasteiger partial charge in [0.15, 0.2) is 0 Å². The van der Waals surface area contributed by atoms with Crippen LogP contribution in [-0.2, 0) is 4.79 Å². The zero-order valence-corrected chi connectivity index (χ0v) is 15.3. The van der Waals surface area contributed by atoms with Gasteiger partial charge in [0.05, 0.1) is 11.7 Å². The predicted octanol–water partition coefficient (Wildman–Crippen LogP) is 5.03. The maximum Gasteiger partial charge on any atom is 0.226 e. The molecule has 1 aromatic heterocycles. The zero-order valence-electron chi connectivity index (χ0n) is 15.3. The van der Waals surface area contributed by atoms with Crippen LogP contribution in [0.25, 0.3) is 0 Å². The smallest absolute Gasteiger partial charge is 0.226 e. The number of rotatable bonds is 8. The van der Waals surface area contributed by atoms with Gasteiger partial charge in [0, 0.05) is 11.6 Å². The fourth-order valence-electron chi connectivity index (χ4n) is 3.29. The number of hydrogen-bond donors (Lipinski definition) is 1. The van der Waals surface area contributed by atoms with Crippen molar-refractivity contribution in [1.82, 2.24) is 10.3 Å². The van der Waals surface area contributed by atoms with E-state index in [9.17, 15) is 9.18 Å². The molecule has 134 valence electrons. The van der Waals surface area contributed by atoms with Gasteiger partial charge >= 0.3 is 0 Å². The monoisotopic (exact) mass is 342 g/mol. The molecule has 0 saturated heterocycles. The van der Waals surface area contributed by atoms with Crippen LogP contribution in [0.3, 0.4) is 0 Å². The molecule has 4 heteroatoms. The van der Waals surface area contributed by atoms with E-state index in [4.69, 9.17) is 0 Å². The molecule has 1 aromatic carbocycles. The number of nitrogens with one attached hydrogen (secondary N) is 1. The number of amides is 1. The molecule has 2 rings (SSSR count). The van der Waals surface area contributed by atoms with Crippen molar-refractivity contribution in [2.75, 3.05) is 0 Å². The van der Waals surface area contributed by atoms with Crippen LogP contribution in [0.1, 0.15) is 63.8 Å². The van der Waals surface area contributed by atoms with E-state index in [1.807, 2.05) is 25.1 Å². The largest absolute Gasteiger partial charge is 0.343 e. The Morgan fingerprint density at radius 2 is 1.76 bits per heavy atom. The molecular formula is C21H27FN2O. The van der Waals surface area contributed by atoms with Crippen LogP contribution < -0.4 is 5.32 Å². The lowest BCUT2D eigenvalue weighted by atomic mass is 9.80. The topological polar surface area (TPSA) is 42.0 Å². The lowest BCUT2D eigenvalue weighted by Gasteiger charge is -2.30. The maximum atomic E-state index is 13.3. The number of hydrogen-bond acceptors (Lipinski definition) is 2. The summed E-state index contributed by atoms with van der Waals surface area (Å²) < 4.78 is 13.3. The Morgan fingerprint density at radius 3 is 2.28 bits per heavy atom. The van der Waals surface area contributed by atoms with Crippen molar-refractivity contribution in [1.29, 1.82) is 0 Å². The summed E-state index contributed by atoms with van der Waals surface area (Å²) in [6.45, 7) is 6.21. The van der Waals surface area contributed by atoms with E-state index in [-0.39, 0.29) is 17.8 Å². The van der Waals surface area contributed by atoms with Crippen LogP contribution in [0, 0.1) is 11.2 Å². The lowest BCUT2D eigenvalue weighted by molar-refractivity contribution is -0.131. The van der Waals surface area contributed by atoms with Gasteiger partial charge in [-0.2, -0.15) is 0 Å². The van der Waals surface area contributed by atoms with E-state index < -0.39 is 5.41 Å². The maximum absolute atomic E-state index is 13.3. The number of aromatic nitrogens is 1. The van der Waals surface area contributed by atoms with Gasteiger partial charge in [-0.15, -0.1) is 0 Å². The summed E-state index contributed by atoms with van der Waals surface area (Å²) in [5.74, 6) is -0.271. The second-order valence-corrected chi connectivity index (χ2v) is 6.77. The van der Waals surface area contributed by atoms with Crippen LogP contribution >= 0.6 is 0 Å². The first kappa shape index (κ1) is 19.1. The van der Waals surface area contributed by atoms with Gasteiger partial charge in [0.1, 0.15) is 5.82 Å². The standard InChI is InChI=1S/C21H27FN2O/c1-4-13-21(3,14-5-2)20(25)24-19(18-8-6-7-15-23-18)16-9-11-17(22)12-10-16/h6-12,15,19H,4-5,13-14H2,1-3H3,(H,24,25). The minimum absolute atomic E-state index is 0.0242. The number of pyridine rings is 1. The molecule has 1 heterocycles. The molecule has 2 aromatic rings. The highest BCUT2D eigenvalue weighted by Gasteiger charge is 2.33. The molecule has 0 fully saturated rings. The Bertz CT molecular complexity index is 664. The van der Waals surface area contributed by atoms with E-state index in [1.165, 1.54) is 12.1 Å². The third-order valence-electron chi connectivity index (χ3n) is 4.61. The second kappa shape index (κ2) is 8.75. The molecular weight excluding hydrogens is 315 g/mol. The van der Waals surface area contributed by atoms with Crippen molar-refractivity contribution in [3.05, 3.63) is 65.7 Å². The van der Waals surface area contributed by atoms with Gasteiger partial charge in [-0.3, -0.25) is 9.78 Å². The number of carbonyl (C=O) groups is 1. The minimum atomic E-state index is -0.406. The Labute approximate surface area is 149 Å². The molecule has 1 atom stereocenters. The van der Waals surface area contributed by atoms with Crippen molar-refractivity contribution in [2.45, 2.75) is 52.5 Å². The molecule has 0 bridgehead atoms. The first-order chi connectivity index (χ1) is 12.0. The fourth-order valence-corrected chi connectivity index (χ4v) is 3.29. The highest BCUT2D eigenvalue weighted by atomic mass is 19.1. The Balaban J connectivity index is 2.33. The number of nitrogens with zero attached hydrogens (tertiary/aromatic N) is 1. The summed E-state index contributed by atoms with van der Waals surface area (Å²) in [7, 11) is 0. The molecule has 0 spiro atoms.